The van der Waals surface area contributed by atoms with Gasteiger partial charge in [0.2, 0.25) is 0 Å². The summed E-state index contributed by atoms with van der Waals surface area (Å²) in [6.45, 7) is 13.4. The van der Waals surface area contributed by atoms with Crippen LogP contribution in [0.2, 0.25) is 10.0 Å². The van der Waals surface area contributed by atoms with Crippen LogP contribution in [0.3, 0.4) is 0 Å². The number of ether oxygens (including phenoxy) is 4. The fourth-order valence-electron chi connectivity index (χ4n) is 20.1. The van der Waals surface area contributed by atoms with E-state index < -0.39 is 0 Å². The van der Waals surface area contributed by atoms with Crippen LogP contribution in [0.15, 0.2) is 121 Å². The third-order valence-electron chi connectivity index (χ3n) is 28.4. The van der Waals surface area contributed by atoms with E-state index in [4.69, 9.17) is 82.0 Å². The van der Waals surface area contributed by atoms with Crippen LogP contribution in [-0.2, 0) is 0 Å². The van der Waals surface area contributed by atoms with E-state index in [0.717, 1.165) is 313 Å². The Kier molecular flexibility index (Phi) is 30.4. The van der Waals surface area contributed by atoms with Crippen LogP contribution in [0, 0.1) is 37.1 Å². The highest BCUT2D eigenvalue weighted by Crippen LogP contribution is 2.50. The molecule has 4 aromatic heterocycles. The maximum Gasteiger partial charge on any atom is 0.140 e. The molecule has 4 saturated carbocycles. The monoisotopic (exact) mass is 1900 g/mol. The van der Waals surface area contributed by atoms with Crippen LogP contribution in [0.5, 0.6) is 23.0 Å². The summed E-state index contributed by atoms with van der Waals surface area (Å²) >= 11 is 13.2. The van der Waals surface area contributed by atoms with Crippen LogP contribution in [0.25, 0.3) is 43.6 Å². The summed E-state index contributed by atoms with van der Waals surface area (Å²) in [6.07, 6.45) is 16.5. The van der Waals surface area contributed by atoms with Crippen molar-refractivity contribution in [2.75, 3.05) is 201 Å². The second kappa shape index (κ2) is 42.9. The van der Waals surface area contributed by atoms with Gasteiger partial charge in [0.05, 0.1) is 98.4 Å². The van der Waals surface area contributed by atoms with Gasteiger partial charge in [0.1, 0.15) is 92.8 Å². The lowest BCUT2D eigenvalue weighted by atomic mass is 9.88. The van der Waals surface area contributed by atoms with Crippen molar-refractivity contribution in [2.24, 2.45) is 0 Å². The van der Waals surface area contributed by atoms with Gasteiger partial charge in [-0.3, -0.25) is 0 Å². The van der Waals surface area contributed by atoms with E-state index in [9.17, 15) is 38.0 Å². The number of nitrogens with zero attached hydrogens (tertiary/aromatic N) is 16. The van der Waals surface area contributed by atoms with Gasteiger partial charge in [0.25, 0.3) is 0 Å². The molecule has 0 bridgehead atoms. The van der Waals surface area contributed by atoms with Gasteiger partial charge in [0.15, 0.2) is 0 Å². The Morgan fingerprint density at radius 2 is 0.537 bits per heavy atom. The van der Waals surface area contributed by atoms with Crippen molar-refractivity contribution in [3.63, 3.8) is 0 Å². The summed E-state index contributed by atoms with van der Waals surface area (Å²) in [6, 6.07) is 35.9. The Morgan fingerprint density at radius 3 is 0.801 bits per heavy atom. The Balaban J connectivity index is 0.000000126. The Labute approximate surface area is 804 Å². The summed E-state index contributed by atoms with van der Waals surface area (Å²) in [4.78, 5) is 57.2. The lowest BCUT2D eigenvalue weighted by Gasteiger charge is -2.34. The average molecular weight is 1900 g/mol. The molecule has 8 aromatic carbocycles. The molecule has 720 valence electrons. The zero-order valence-corrected chi connectivity index (χ0v) is 81.2. The number of halogens is 6. The van der Waals surface area contributed by atoms with E-state index in [1.54, 1.807) is 52.7 Å². The average Bonchev–Trinajstić information content (AvgIpc) is 1.75. The minimum atomic E-state index is -0.279. The molecule has 8 fully saturated rings. The third kappa shape index (κ3) is 21.9. The van der Waals surface area contributed by atoms with Crippen molar-refractivity contribution in [2.45, 2.75) is 164 Å². The first-order valence-corrected chi connectivity index (χ1v) is 49.0. The molecule has 12 aromatic rings. The number of aromatic nitrogens is 8. The van der Waals surface area contributed by atoms with Gasteiger partial charge in [-0.2, -0.15) is 0 Å². The Morgan fingerprint density at radius 1 is 0.294 bits per heavy atom. The molecule has 4 aliphatic carbocycles. The van der Waals surface area contributed by atoms with Crippen molar-refractivity contribution >= 4 is 113 Å². The highest BCUT2D eigenvalue weighted by Gasteiger charge is 2.38. The number of hydrogen-bond donors (Lipinski definition) is 4. The number of anilines is 8. The van der Waals surface area contributed by atoms with Gasteiger partial charge in [-0.25, -0.2) is 57.4 Å². The molecule has 30 heteroatoms. The summed E-state index contributed by atoms with van der Waals surface area (Å²) in [5, 5.41) is 42.9. The number of benzene rings is 8. The van der Waals surface area contributed by atoms with Gasteiger partial charge >= 0.3 is 0 Å². The molecular weight excluding hydrogens is 1770 g/mol. The smallest absolute Gasteiger partial charge is 0.140 e. The molecule has 4 aliphatic heterocycles. The van der Waals surface area contributed by atoms with Crippen molar-refractivity contribution in [3.05, 3.63) is 211 Å². The molecule has 0 amide bonds. The fraction of sp³-hybridized carbons (Fsp3) is 0.472. The maximum absolute atomic E-state index is 14.0. The quantitative estimate of drug-likeness (QED) is 0.0333. The molecule has 4 saturated heterocycles. The number of aryl methyl sites for hydroxylation is 2. The minimum absolute atomic E-state index is 0.0475. The fourth-order valence-corrected chi connectivity index (χ4v) is 20.7. The van der Waals surface area contributed by atoms with E-state index >= 15 is 0 Å². The van der Waals surface area contributed by atoms with Gasteiger partial charge in [-0.15, -0.1) is 0 Å². The molecule has 8 aliphatic rings. The molecule has 24 nitrogen and oxygen atoms in total. The minimum Gasteiger partial charge on any atom is -0.496 e. The van der Waals surface area contributed by atoms with Crippen molar-refractivity contribution in [3.8, 4) is 23.0 Å². The number of hydrogen-bond acceptors (Lipinski definition) is 24. The van der Waals surface area contributed by atoms with E-state index in [1.807, 2.05) is 68.3 Å². The zero-order chi connectivity index (χ0) is 95.3. The number of aliphatic hydroxyl groups is 4. The number of methoxy groups -OCH3 is 4. The molecule has 4 N–H and O–H groups in total. The molecule has 136 heavy (non-hydrogen) atoms. The second-order valence-corrected chi connectivity index (χ2v) is 38.7. The van der Waals surface area contributed by atoms with Crippen molar-refractivity contribution in [1.29, 1.82) is 0 Å². The largest absolute Gasteiger partial charge is 0.496 e. The number of likely N-dealkylation sites (N-methyl/N-ethyl adjacent to an activating group) is 4. The highest BCUT2D eigenvalue weighted by atomic mass is 35.5. The maximum atomic E-state index is 14.0. The molecule has 20 rings (SSSR count). The number of rotatable bonds is 28. The summed E-state index contributed by atoms with van der Waals surface area (Å²) in [5.41, 5.74) is 13.9. The topological polar surface area (TPSA) is 247 Å². The SMILES string of the molecule is COc1cc(F)ccc1C1CCN(c2nc(C3CC3)nc3cc(C)c(N(C)CCO)cc23)CC1.COc1cc(F)ccc1C1CCN(c2nc(C3CC3)nc3cc(Cl)c(N(C)CCO)cc23)CC1.COc1ccc(F)cc1C1CCN(c2nc(C3CC3)nc3cc(C)c(N(C)CCO)cc23)CC1.COc1ccc(F)cc1C1CCN(c2nc(C3CC3)nc3cc(Cl)c(N(C)CCO)cc23)CC1. The molecule has 0 spiro atoms. The van der Waals surface area contributed by atoms with Gasteiger partial charge in [-0.1, -0.05) is 35.3 Å². The van der Waals surface area contributed by atoms with Crippen LogP contribution in [-0.4, -0.2) is 222 Å². The summed E-state index contributed by atoms with van der Waals surface area (Å²) in [7, 11) is 14.3. The predicted octanol–water partition coefficient (Wildman–Crippen LogP) is 19.8. The van der Waals surface area contributed by atoms with E-state index in [-0.39, 0.29) is 61.5 Å². The van der Waals surface area contributed by atoms with Crippen LogP contribution in [0.4, 0.5) is 63.6 Å². The lowest BCUT2D eigenvalue weighted by molar-refractivity contribution is 0.303. The van der Waals surface area contributed by atoms with Gasteiger partial charge in [-0.05, 0) is 260 Å². The molecule has 0 atom stereocenters. The molecule has 8 heterocycles. The predicted molar refractivity (Wildman–Crippen MR) is 536 cm³/mol. The van der Waals surface area contributed by atoms with Gasteiger partial charge < -0.3 is 78.6 Å². The third-order valence-corrected chi connectivity index (χ3v) is 29.0. The Hall–Kier alpha value is -11.1. The van der Waals surface area contributed by atoms with Crippen LogP contribution >= 0.6 is 23.2 Å². The Bertz CT molecular complexity index is 5890. The molecule has 0 radical (unpaired) electrons. The second-order valence-electron chi connectivity index (χ2n) is 37.8. The van der Waals surface area contributed by atoms with E-state index in [2.05, 4.69) is 73.6 Å². The van der Waals surface area contributed by atoms with Crippen LogP contribution in [0.1, 0.15) is 207 Å². The number of piperidine rings is 4. The van der Waals surface area contributed by atoms with E-state index in [0.29, 0.717) is 83.2 Å². The highest BCUT2D eigenvalue weighted by molar-refractivity contribution is 6.34. The van der Waals surface area contributed by atoms with Gasteiger partial charge in [0, 0.05) is 187 Å². The van der Waals surface area contributed by atoms with Crippen molar-refractivity contribution < 1.29 is 56.9 Å². The van der Waals surface area contributed by atoms with E-state index in [1.165, 1.54) is 36.4 Å². The lowest BCUT2D eigenvalue weighted by Crippen LogP contribution is -2.34. The first kappa shape index (κ1) is 96.5. The first-order valence-electron chi connectivity index (χ1n) is 48.2. The molecule has 0 unspecified atom stereocenters. The normalized spacial score (nSPS) is 16.8. The summed E-state index contributed by atoms with van der Waals surface area (Å²) in [5.74, 6) is 12.3. The summed E-state index contributed by atoms with van der Waals surface area (Å²) < 4.78 is 77.2. The van der Waals surface area contributed by atoms with Crippen LogP contribution < -0.4 is 58.1 Å². The number of fused-ring (bicyclic) bond motifs is 4. The number of aliphatic hydroxyl groups excluding tert-OH is 4. The standard InChI is InChI=1S/2C27H33FN4O2.2C26H30ClFN4O2/c1-17-14-23-22(16-24(17)31(2)12-13-33)27(30-26(29-23)19-4-5-19)32-10-8-18(9-11-32)21-15-20(28)6-7-25(21)34-3;1-17-14-23-22(16-24(17)31(2)12-13-33)27(30-26(29-23)19-4-5-19)32-10-8-18(9-11-32)21-7-6-20(28)15-25(21)34-3;1-31(11-12-33)23-14-20-22(15-21(23)27)29-25(17-3-4-17)30-26(20)32-9-7-16(8-10-32)19-13-18(28)5-6-24(19)34-2;1-31(11-12-33)23-14-20-22(15-21(23)27)29-25(17-3-4-17)30-26(20)32-9-7-16(8-10-32)19-6-5-18(28)13-24(19)34-2/h2*6-7,14-16,18-19,33H,4-5,8-13H2,1-3H3;2*5-6,13-17,33H,3-4,7-12H2,1-2H3. The zero-order valence-electron chi connectivity index (χ0n) is 79.6. The molecular formula is C106H126Cl2F4N16O8. The first-order chi connectivity index (χ1) is 65.9. The van der Waals surface area contributed by atoms with Crippen molar-refractivity contribution in [1.82, 2.24) is 39.9 Å².